The molecule has 0 fully saturated rings. The maximum absolute atomic E-state index is 9.79. The van der Waals surface area contributed by atoms with E-state index in [-0.39, 0.29) is 5.41 Å². The van der Waals surface area contributed by atoms with Crippen LogP contribution in [0.15, 0.2) is 66.7 Å². The van der Waals surface area contributed by atoms with Crippen LogP contribution >= 0.6 is 9.24 Å². The molecule has 0 spiro atoms. The summed E-state index contributed by atoms with van der Waals surface area (Å²) >= 11 is 0. The Morgan fingerprint density at radius 2 is 1.46 bits per heavy atom. The molecule has 0 aliphatic heterocycles. The number of hydrogen-bond donors (Lipinski definition) is 1. The first-order valence-corrected chi connectivity index (χ1v) is 8.73. The third-order valence-electron chi connectivity index (χ3n) is 4.79. The van der Waals surface area contributed by atoms with Crippen LogP contribution in [0.4, 0.5) is 0 Å². The van der Waals surface area contributed by atoms with Crippen LogP contribution in [0.3, 0.4) is 0 Å². The number of aryl methyl sites for hydroxylation is 1. The van der Waals surface area contributed by atoms with E-state index in [1.54, 1.807) is 6.07 Å². The highest BCUT2D eigenvalue weighted by molar-refractivity contribution is 7.27. The lowest BCUT2D eigenvalue weighted by Crippen LogP contribution is -2.20. The van der Waals surface area contributed by atoms with Crippen molar-refractivity contribution in [3.63, 3.8) is 0 Å². The van der Waals surface area contributed by atoms with Gasteiger partial charge in [0.1, 0.15) is 5.75 Å². The summed E-state index contributed by atoms with van der Waals surface area (Å²) < 4.78 is 0. The summed E-state index contributed by atoms with van der Waals surface area (Å²) in [5.74, 6) is 0.313. The topological polar surface area (TPSA) is 20.2 Å². The third kappa shape index (κ3) is 3.09. The highest BCUT2D eigenvalue weighted by atomic mass is 31.0. The molecule has 2 heteroatoms. The first-order valence-electron chi connectivity index (χ1n) is 8.15. The van der Waals surface area contributed by atoms with Gasteiger partial charge in [-0.1, -0.05) is 68.4 Å². The Morgan fingerprint density at radius 1 is 0.833 bits per heavy atom. The van der Waals surface area contributed by atoms with Crippen molar-refractivity contribution in [2.45, 2.75) is 26.2 Å². The molecule has 1 nitrogen and oxygen atoms in total. The summed E-state index contributed by atoms with van der Waals surface area (Å²) in [7, 11) is 2.60. The highest BCUT2D eigenvalue weighted by Gasteiger charge is 2.24. The molecule has 0 aromatic heterocycles. The van der Waals surface area contributed by atoms with Crippen molar-refractivity contribution in [3.8, 4) is 16.9 Å². The lowest BCUT2D eigenvalue weighted by atomic mass is 9.77. The molecule has 0 heterocycles. The summed E-state index contributed by atoms with van der Waals surface area (Å²) in [5.41, 5.74) is 6.10. The van der Waals surface area contributed by atoms with Crippen molar-refractivity contribution < 1.29 is 5.11 Å². The minimum Gasteiger partial charge on any atom is -0.507 e. The monoisotopic (exact) mass is 334 g/mol. The molecule has 0 saturated heterocycles. The fourth-order valence-electron chi connectivity index (χ4n) is 3.05. The maximum Gasteiger partial charge on any atom is 0.122 e. The van der Waals surface area contributed by atoms with Crippen molar-refractivity contribution in [2.75, 3.05) is 0 Å². The van der Waals surface area contributed by atoms with Gasteiger partial charge in [-0.3, -0.25) is 0 Å². The van der Waals surface area contributed by atoms with E-state index in [1.807, 2.05) is 18.2 Å². The Morgan fingerprint density at radius 3 is 2.12 bits per heavy atom. The zero-order chi connectivity index (χ0) is 17.3. The van der Waals surface area contributed by atoms with Crippen LogP contribution < -0.4 is 5.30 Å². The van der Waals surface area contributed by atoms with E-state index in [9.17, 15) is 5.11 Å². The van der Waals surface area contributed by atoms with Gasteiger partial charge >= 0.3 is 0 Å². The molecule has 1 atom stereocenters. The molecular formula is C22H23OP. The van der Waals surface area contributed by atoms with Gasteiger partial charge in [0.15, 0.2) is 0 Å². The molecule has 0 amide bonds. The van der Waals surface area contributed by atoms with E-state index in [4.69, 9.17) is 0 Å². The molecule has 0 aliphatic rings. The lowest BCUT2D eigenvalue weighted by molar-refractivity contribution is 0.479. The molecule has 0 saturated carbocycles. The molecule has 122 valence electrons. The molecule has 0 radical (unpaired) electrons. The second kappa shape index (κ2) is 6.42. The molecule has 1 N–H and O–H groups in total. The Balaban J connectivity index is 2.10. The van der Waals surface area contributed by atoms with E-state index >= 15 is 0 Å². The van der Waals surface area contributed by atoms with E-state index < -0.39 is 0 Å². The van der Waals surface area contributed by atoms with Crippen molar-refractivity contribution >= 4 is 14.5 Å². The van der Waals surface area contributed by atoms with Gasteiger partial charge in [-0.2, -0.15) is 0 Å². The number of aromatic hydroxyl groups is 1. The van der Waals surface area contributed by atoms with Crippen LogP contribution in [0.2, 0.25) is 0 Å². The Labute approximate surface area is 146 Å². The number of phenolic OH excluding ortho intramolecular Hbond substituents is 1. The van der Waals surface area contributed by atoms with Gasteiger partial charge in [0.05, 0.1) is 0 Å². The highest BCUT2D eigenvalue weighted by Crippen LogP contribution is 2.35. The molecule has 24 heavy (non-hydrogen) atoms. The lowest BCUT2D eigenvalue weighted by Gasteiger charge is -2.27. The Kier molecular flexibility index (Phi) is 4.47. The van der Waals surface area contributed by atoms with E-state index in [0.717, 1.165) is 5.30 Å². The summed E-state index contributed by atoms with van der Waals surface area (Å²) in [6, 6.07) is 23.0. The Bertz CT molecular complexity index is 866. The average Bonchev–Trinajstić information content (AvgIpc) is 2.58. The van der Waals surface area contributed by atoms with Gasteiger partial charge in [0.2, 0.25) is 0 Å². The van der Waals surface area contributed by atoms with Gasteiger partial charge < -0.3 is 5.11 Å². The molecule has 3 rings (SSSR count). The van der Waals surface area contributed by atoms with Crippen molar-refractivity contribution in [1.82, 2.24) is 0 Å². The van der Waals surface area contributed by atoms with Crippen LogP contribution in [0.25, 0.3) is 11.1 Å². The van der Waals surface area contributed by atoms with E-state index in [2.05, 4.69) is 72.5 Å². The maximum atomic E-state index is 9.79. The molecular weight excluding hydrogens is 311 g/mol. The summed E-state index contributed by atoms with van der Waals surface area (Å²) in [6.07, 6.45) is 0. The predicted molar refractivity (Wildman–Crippen MR) is 106 cm³/mol. The van der Waals surface area contributed by atoms with E-state index in [1.165, 1.54) is 27.8 Å². The van der Waals surface area contributed by atoms with Gasteiger partial charge in [0, 0.05) is 10.7 Å². The third-order valence-corrected chi connectivity index (χ3v) is 5.26. The SMILES string of the molecule is Cc1ccc(C(C)(C)c2ccc(O)c(P)c2)cc1-c1ccccc1. The molecule has 3 aromatic carbocycles. The second-order valence-electron chi connectivity index (χ2n) is 6.79. The summed E-state index contributed by atoms with van der Waals surface area (Å²) in [5, 5.41) is 10.6. The first-order chi connectivity index (χ1) is 11.4. The Hall–Kier alpha value is -2.11. The van der Waals surface area contributed by atoms with Crippen molar-refractivity contribution in [3.05, 3.63) is 83.4 Å². The number of benzene rings is 3. The van der Waals surface area contributed by atoms with Crippen molar-refractivity contribution in [1.29, 1.82) is 0 Å². The summed E-state index contributed by atoms with van der Waals surface area (Å²) in [4.78, 5) is 0. The fourth-order valence-corrected chi connectivity index (χ4v) is 3.33. The van der Waals surface area contributed by atoms with Crippen LogP contribution in [-0.4, -0.2) is 5.11 Å². The zero-order valence-electron chi connectivity index (χ0n) is 14.4. The standard InChI is InChI=1S/C22H23OP/c1-15-9-10-17(13-19(15)16-7-5-4-6-8-16)22(2,3)18-11-12-20(23)21(24)14-18/h4-14,23H,24H2,1-3H3. The smallest absolute Gasteiger partial charge is 0.122 e. The second-order valence-corrected chi connectivity index (χ2v) is 7.42. The number of hydrogen-bond acceptors (Lipinski definition) is 1. The number of phenols is 1. The van der Waals surface area contributed by atoms with E-state index in [0.29, 0.717) is 5.75 Å². The van der Waals surface area contributed by atoms with Crippen LogP contribution in [0, 0.1) is 6.92 Å². The average molecular weight is 334 g/mol. The van der Waals surface area contributed by atoms with Crippen LogP contribution in [0.1, 0.15) is 30.5 Å². The molecule has 0 bridgehead atoms. The number of rotatable bonds is 3. The van der Waals surface area contributed by atoms with Gasteiger partial charge in [-0.25, -0.2) is 0 Å². The molecule has 3 aromatic rings. The normalized spacial score (nSPS) is 11.5. The predicted octanol–water partition coefficient (Wildman–Crippen LogP) is 5.19. The summed E-state index contributed by atoms with van der Waals surface area (Å²) in [6.45, 7) is 6.60. The quantitative estimate of drug-likeness (QED) is 0.653. The van der Waals surface area contributed by atoms with Gasteiger partial charge in [0.25, 0.3) is 0 Å². The van der Waals surface area contributed by atoms with Gasteiger partial charge in [-0.15, -0.1) is 9.24 Å². The first kappa shape index (κ1) is 16.7. The zero-order valence-corrected chi connectivity index (χ0v) is 15.5. The minimum absolute atomic E-state index is 0.143. The van der Waals surface area contributed by atoms with Crippen LogP contribution in [-0.2, 0) is 5.41 Å². The molecule has 1 unspecified atom stereocenters. The minimum atomic E-state index is -0.143. The van der Waals surface area contributed by atoms with Gasteiger partial charge in [-0.05, 0) is 46.9 Å². The van der Waals surface area contributed by atoms with Crippen LogP contribution in [0.5, 0.6) is 5.75 Å². The fraction of sp³-hybridized carbons (Fsp3) is 0.182. The molecule has 0 aliphatic carbocycles. The van der Waals surface area contributed by atoms with Crippen molar-refractivity contribution in [2.24, 2.45) is 0 Å². The largest absolute Gasteiger partial charge is 0.507 e.